The van der Waals surface area contributed by atoms with E-state index in [0.29, 0.717) is 0 Å². The van der Waals surface area contributed by atoms with E-state index in [1.807, 2.05) is 45.2 Å². The minimum Gasteiger partial charge on any atom is -0.443 e. The first-order valence-corrected chi connectivity index (χ1v) is 12.3. The van der Waals surface area contributed by atoms with E-state index in [0.717, 1.165) is 16.4 Å². The first kappa shape index (κ1) is 21.1. The van der Waals surface area contributed by atoms with Crippen molar-refractivity contribution in [2.24, 2.45) is 0 Å². The van der Waals surface area contributed by atoms with Gasteiger partial charge in [0.25, 0.3) is 0 Å². The van der Waals surface area contributed by atoms with Crippen LogP contribution in [-0.2, 0) is 14.0 Å². The van der Waals surface area contributed by atoms with Crippen LogP contribution in [0.15, 0.2) is 24.4 Å². The smallest absolute Gasteiger partial charge is 0.443 e. The monoisotopic (exact) mass is 400 g/mol. The van der Waals surface area contributed by atoms with Gasteiger partial charge in [0.1, 0.15) is 5.60 Å². The molecule has 2 heterocycles. The van der Waals surface area contributed by atoms with Crippen LogP contribution in [0.2, 0.25) is 13.1 Å². The number of carbonyl (C=O) groups is 1. The lowest BCUT2D eigenvalue weighted by Gasteiger charge is -2.32. The molecule has 0 atom stereocenters. The number of aromatic nitrogens is 1. The molecule has 0 amide bonds. The number of ether oxygens (including phenoxy) is 1. The van der Waals surface area contributed by atoms with E-state index < -0.39 is 32.7 Å². The number of rotatable bonds is 2. The summed E-state index contributed by atoms with van der Waals surface area (Å²) in [6.07, 6.45) is 1.57. The highest BCUT2D eigenvalue weighted by molar-refractivity contribution is 6.76. The Hall–Kier alpha value is -1.57. The van der Waals surface area contributed by atoms with Crippen LogP contribution in [0.4, 0.5) is 4.79 Å². The molecule has 151 valence electrons. The highest BCUT2D eigenvalue weighted by Gasteiger charge is 2.52. The molecule has 2 aromatic rings. The molecule has 0 aliphatic carbocycles. The van der Waals surface area contributed by atoms with Crippen molar-refractivity contribution in [1.82, 2.24) is 4.57 Å². The third-order valence-electron chi connectivity index (χ3n) is 5.50. The van der Waals surface area contributed by atoms with Crippen molar-refractivity contribution in [3.8, 4) is 0 Å². The zero-order chi connectivity index (χ0) is 21.1. The van der Waals surface area contributed by atoms with Crippen LogP contribution in [0.25, 0.3) is 10.9 Å². The second-order valence-corrected chi connectivity index (χ2v) is 12.3. The maximum Gasteiger partial charge on any atom is 0.495 e. The fourth-order valence-electron chi connectivity index (χ4n) is 3.32. The van der Waals surface area contributed by atoms with Crippen LogP contribution in [0.1, 0.15) is 48.5 Å². The van der Waals surface area contributed by atoms with Gasteiger partial charge in [0.2, 0.25) is 0 Å². The molecule has 28 heavy (non-hydrogen) atoms. The average molecular weight is 400 g/mol. The molecule has 1 aromatic carbocycles. The van der Waals surface area contributed by atoms with Gasteiger partial charge in [-0.05, 0) is 70.6 Å². The van der Waals surface area contributed by atoms with Crippen molar-refractivity contribution >= 4 is 43.6 Å². The molecular weight excluding hydrogens is 369 g/mol. The number of nitrogens with zero attached hydrogens (tertiary/aromatic N) is 1. The third kappa shape index (κ3) is 3.67. The van der Waals surface area contributed by atoms with Crippen molar-refractivity contribution in [2.75, 3.05) is 0 Å². The van der Waals surface area contributed by atoms with E-state index in [1.165, 1.54) is 5.19 Å². The van der Waals surface area contributed by atoms with Crippen LogP contribution in [0, 0.1) is 0 Å². The number of fused-ring (bicyclic) bond motifs is 1. The summed E-state index contributed by atoms with van der Waals surface area (Å²) >= 11 is 0. The van der Waals surface area contributed by atoms with Crippen LogP contribution in [0.3, 0.4) is 0 Å². The quantitative estimate of drug-likeness (QED) is 0.722. The lowest BCUT2D eigenvalue weighted by Crippen LogP contribution is -2.41. The molecule has 1 radical (unpaired) electrons. The minimum atomic E-state index is -0.840. The standard InChI is InChI=1S/C21H31BNO4Si/c1-19(2,3)25-18(24)23-13-16(28(8)9)17-14(11-10-12-15(17)23)22-26-20(4,5)21(6,7)27-22/h10-13H,1-9H3. The SMILES string of the molecule is C[Si](C)c1cn(C(=O)OC(C)(C)C)c2cccc(B3OC(C)(C)C(C)(C)O3)c12. The van der Waals surface area contributed by atoms with Gasteiger partial charge in [-0.2, -0.15) is 0 Å². The van der Waals surface area contributed by atoms with E-state index in [4.69, 9.17) is 14.0 Å². The minimum absolute atomic E-state index is 0.363. The van der Waals surface area contributed by atoms with E-state index >= 15 is 0 Å². The van der Waals surface area contributed by atoms with Gasteiger partial charge >= 0.3 is 13.2 Å². The van der Waals surface area contributed by atoms with Crippen molar-refractivity contribution in [3.63, 3.8) is 0 Å². The summed E-state index contributed by atoms with van der Waals surface area (Å²) in [5.74, 6) is 0. The normalized spacial score (nSPS) is 18.9. The molecule has 7 heteroatoms. The Morgan fingerprint density at radius 2 is 1.68 bits per heavy atom. The summed E-state index contributed by atoms with van der Waals surface area (Å²) < 4.78 is 19.9. The molecule has 1 saturated heterocycles. The highest BCUT2D eigenvalue weighted by atomic mass is 28.3. The van der Waals surface area contributed by atoms with E-state index in [2.05, 4.69) is 40.8 Å². The van der Waals surface area contributed by atoms with Crippen molar-refractivity contribution in [2.45, 2.75) is 78.4 Å². The topological polar surface area (TPSA) is 49.7 Å². The summed E-state index contributed by atoms with van der Waals surface area (Å²) in [7, 11) is -1.31. The summed E-state index contributed by atoms with van der Waals surface area (Å²) in [5.41, 5.74) is 0.422. The molecule has 3 rings (SSSR count). The summed E-state index contributed by atoms with van der Waals surface area (Å²) in [4.78, 5) is 12.8. The predicted molar refractivity (Wildman–Crippen MR) is 116 cm³/mol. The molecule has 1 aliphatic rings. The Morgan fingerprint density at radius 3 is 2.18 bits per heavy atom. The van der Waals surface area contributed by atoms with Gasteiger partial charge in [-0.1, -0.05) is 25.2 Å². The second-order valence-electron chi connectivity index (χ2n) is 9.72. The lowest BCUT2D eigenvalue weighted by molar-refractivity contribution is 0.00578. The summed E-state index contributed by atoms with van der Waals surface area (Å²) in [6, 6.07) is 5.95. The Kier molecular flexibility index (Phi) is 5.10. The summed E-state index contributed by atoms with van der Waals surface area (Å²) in [5, 5.41) is 2.22. The van der Waals surface area contributed by atoms with E-state index in [-0.39, 0.29) is 6.09 Å². The molecule has 1 aromatic heterocycles. The van der Waals surface area contributed by atoms with Crippen LogP contribution in [-0.4, -0.2) is 43.4 Å². The van der Waals surface area contributed by atoms with Gasteiger partial charge in [-0.3, -0.25) is 4.57 Å². The summed E-state index contributed by atoms with van der Waals surface area (Å²) in [6.45, 7) is 18.3. The number of hydrogen-bond acceptors (Lipinski definition) is 4. The molecular formula is C21H31BNO4Si. The Morgan fingerprint density at radius 1 is 1.11 bits per heavy atom. The van der Waals surface area contributed by atoms with Gasteiger partial charge in [-0.15, -0.1) is 0 Å². The lowest BCUT2D eigenvalue weighted by atomic mass is 9.77. The van der Waals surface area contributed by atoms with Crippen LogP contribution < -0.4 is 10.6 Å². The maximum atomic E-state index is 12.8. The maximum absolute atomic E-state index is 12.8. The predicted octanol–water partition coefficient (Wildman–Crippen LogP) is 3.69. The van der Waals surface area contributed by atoms with Crippen LogP contribution >= 0.6 is 0 Å². The average Bonchev–Trinajstić information content (AvgIpc) is 3.00. The fraction of sp³-hybridized carbons (Fsp3) is 0.571. The van der Waals surface area contributed by atoms with E-state index in [9.17, 15) is 4.79 Å². The third-order valence-corrected chi connectivity index (χ3v) is 6.95. The number of hydrogen-bond donors (Lipinski definition) is 0. The van der Waals surface area contributed by atoms with Gasteiger partial charge in [0.05, 0.1) is 25.5 Å². The van der Waals surface area contributed by atoms with Crippen molar-refractivity contribution < 1.29 is 18.8 Å². The van der Waals surface area contributed by atoms with Crippen LogP contribution in [0.5, 0.6) is 0 Å². The highest BCUT2D eigenvalue weighted by Crippen LogP contribution is 2.37. The molecule has 5 nitrogen and oxygen atoms in total. The van der Waals surface area contributed by atoms with Gasteiger partial charge in [-0.25, -0.2) is 4.79 Å². The molecule has 0 spiro atoms. The number of benzene rings is 1. The van der Waals surface area contributed by atoms with E-state index in [1.54, 1.807) is 4.57 Å². The Bertz CT molecular complexity index is 895. The van der Waals surface area contributed by atoms with Gasteiger partial charge in [0, 0.05) is 6.20 Å². The molecule has 0 unspecified atom stereocenters. The van der Waals surface area contributed by atoms with Gasteiger partial charge in [0.15, 0.2) is 0 Å². The van der Waals surface area contributed by atoms with Crippen molar-refractivity contribution in [3.05, 3.63) is 24.4 Å². The molecule has 1 aliphatic heterocycles. The van der Waals surface area contributed by atoms with Gasteiger partial charge < -0.3 is 14.0 Å². The molecule has 0 N–H and O–H groups in total. The Balaban J connectivity index is 2.15. The zero-order valence-corrected chi connectivity index (χ0v) is 19.5. The fourth-order valence-corrected chi connectivity index (χ4v) is 4.48. The number of carbonyl (C=O) groups excluding carboxylic acids is 1. The Labute approximate surface area is 170 Å². The molecule has 1 fully saturated rings. The molecule has 0 saturated carbocycles. The zero-order valence-electron chi connectivity index (χ0n) is 18.5. The second kappa shape index (κ2) is 6.75. The first-order chi connectivity index (χ1) is 12.7. The first-order valence-electron chi connectivity index (χ1n) is 9.77. The largest absolute Gasteiger partial charge is 0.495 e. The van der Waals surface area contributed by atoms with Crippen molar-refractivity contribution in [1.29, 1.82) is 0 Å². The molecule has 0 bridgehead atoms.